The van der Waals surface area contributed by atoms with Crippen LogP contribution in [-0.2, 0) is 17.8 Å². The van der Waals surface area contributed by atoms with Crippen molar-refractivity contribution in [3.05, 3.63) is 23.3 Å². The molecule has 9 nitrogen and oxygen atoms in total. The quantitative estimate of drug-likeness (QED) is 0.204. The van der Waals surface area contributed by atoms with Crippen LogP contribution in [0.2, 0.25) is 0 Å². The fourth-order valence-corrected chi connectivity index (χ4v) is 3.37. The van der Waals surface area contributed by atoms with Crippen molar-refractivity contribution < 1.29 is 19.1 Å². The number of carbonyl (C=O) groups is 2. The summed E-state index contributed by atoms with van der Waals surface area (Å²) in [4.78, 5) is 29.1. The molecule has 30 heavy (non-hydrogen) atoms. The Morgan fingerprint density at radius 3 is 2.80 bits per heavy atom. The van der Waals surface area contributed by atoms with E-state index in [0.29, 0.717) is 32.2 Å². The topological polar surface area (TPSA) is 104 Å². The molecular formula is C20H30IN5O4. The number of guanidine groups is 1. The minimum Gasteiger partial charge on any atom is -0.494 e. The van der Waals surface area contributed by atoms with Crippen molar-refractivity contribution in [1.82, 2.24) is 20.9 Å². The molecule has 0 radical (unpaired) electrons. The van der Waals surface area contributed by atoms with E-state index in [4.69, 9.17) is 9.47 Å². The average molecular weight is 531 g/mol. The number of hydrogen-bond donors (Lipinski definition) is 3. The molecule has 2 aliphatic rings. The molecule has 0 aromatic heterocycles. The van der Waals surface area contributed by atoms with Crippen molar-refractivity contribution in [3.8, 4) is 11.5 Å². The standard InChI is InChI=1S/C20H29N5O4.HI/c1-4-21-19(22-6-7-25-18(26)12-24-20(25)27)23-11-15-10-17-14(8-13(3)29-17)9-16(15)28-5-2;/h9-10,13H,4-8,11-12H2,1-3H3,(H,24,27)(H2,21,22,23);1H. The van der Waals surface area contributed by atoms with Crippen molar-refractivity contribution in [1.29, 1.82) is 0 Å². The highest BCUT2D eigenvalue weighted by atomic mass is 127. The van der Waals surface area contributed by atoms with Gasteiger partial charge in [-0.05, 0) is 32.9 Å². The van der Waals surface area contributed by atoms with E-state index >= 15 is 0 Å². The molecule has 0 aliphatic carbocycles. The van der Waals surface area contributed by atoms with Crippen molar-refractivity contribution in [2.75, 3.05) is 32.8 Å². The smallest absolute Gasteiger partial charge is 0.324 e. The van der Waals surface area contributed by atoms with Gasteiger partial charge >= 0.3 is 6.03 Å². The fraction of sp³-hybridized carbons (Fsp3) is 0.550. The number of fused-ring (bicyclic) bond motifs is 1. The summed E-state index contributed by atoms with van der Waals surface area (Å²) in [6, 6.07) is 3.70. The molecule has 1 fully saturated rings. The first-order chi connectivity index (χ1) is 14.0. The van der Waals surface area contributed by atoms with E-state index in [0.717, 1.165) is 29.0 Å². The highest BCUT2D eigenvalue weighted by molar-refractivity contribution is 14.0. The molecule has 3 rings (SSSR count). The summed E-state index contributed by atoms with van der Waals surface area (Å²) in [5.41, 5.74) is 2.11. The molecule has 1 atom stereocenters. The third-order valence-electron chi connectivity index (χ3n) is 4.70. The highest BCUT2D eigenvalue weighted by Crippen LogP contribution is 2.35. The Labute approximate surface area is 194 Å². The number of ether oxygens (including phenoxy) is 2. The Kier molecular flexibility index (Phi) is 9.00. The van der Waals surface area contributed by atoms with Crippen molar-refractivity contribution in [2.24, 2.45) is 4.99 Å². The van der Waals surface area contributed by atoms with Gasteiger partial charge in [0.1, 0.15) is 17.6 Å². The van der Waals surface area contributed by atoms with Crippen LogP contribution in [0, 0.1) is 0 Å². The van der Waals surface area contributed by atoms with Crippen LogP contribution in [0.15, 0.2) is 17.1 Å². The monoisotopic (exact) mass is 531 g/mol. The third kappa shape index (κ3) is 5.89. The van der Waals surface area contributed by atoms with E-state index in [1.807, 2.05) is 26.0 Å². The lowest BCUT2D eigenvalue weighted by molar-refractivity contribution is -0.124. The number of urea groups is 1. The van der Waals surface area contributed by atoms with Crippen molar-refractivity contribution in [3.63, 3.8) is 0 Å². The Hall–Kier alpha value is -2.24. The van der Waals surface area contributed by atoms with Gasteiger partial charge in [0.05, 0.1) is 19.7 Å². The van der Waals surface area contributed by atoms with Gasteiger partial charge in [-0.1, -0.05) is 0 Å². The number of rotatable bonds is 8. The summed E-state index contributed by atoms with van der Waals surface area (Å²) in [7, 11) is 0. The summed E-state index contributed by atoms with van der Waals surface area (Å²) in [5, 5.41) is 8.85. The molecule has 3 amide bonds. The van der Waals surface area contributed by atoms with E-state index in [1.54, 1.807) is 0 Å². The molecule has 2 aliphatic heterocycles. The maximum atomic E-state index is 11.7. The largest absolute Gasteiger partial charge is 0.494 e. The molecule has 0 saturated carbocycles. The number of nitrogens with one attached hydrogen (secondary N) is 3. The van der Waals surface area contributed by atoms with Crippen LogP contribution in [0.5, 0.6) is 11.5 Å². The second-order valence-electron chi connectivity index (χ2n) is 6.96. The highest BCUT2D eigenvalue weighted by Gasteiger charge is 2.27. The zero-order chi connectivity index (χ0) is 20.8. The number of imide groups is 1. The first-order valence-corrected chi connectivity index (χ1v) is 10.1. The zero-order valence-corrected chi connectivity index (χ0v) is 19.9. The number of hydrogen-bond acceptors (Lipinski definition) is 5. The van der Waals surface area contributed by atoms with Crippen LogP contribution in [0.3, 0.4) is 0 Å². The van der Waals surface area contributed by atoms with Crippen LogP contribution in [-0.4, -0.2) is 61.7 Å². The maximum absolute atomic E-state index is 11.7. The van der Waals surface area contributed by atoms with Gasteiger partial charge in [-0.25, -0.2) is 9.79 Å². The third-order valence-corrected chi connectivity index (χ3v) is 4.70. The molecule has 2 heterocycles. The lowest BCUT2D eigenvalue weighted by Gasteiger charge is -2.16. The maximum Gasteiger partial charge on any atom is 0.324 e. The van der Waals surface area contributed by atoms with Crippen LogP contribution < -0.4 is 25.4 Å². The molecule has 10 heteroatoms. The van der Waals surface area contributed by atoms with E-state index < -0.39 is 0 Å². The fourth-order valence-electron chi connectivity index (χ4n) is 3.37. The van der Waals surface area contributed by atoms with E-state index in [2.05, 4.69) is 27.9 Å². The first-order valence-electron chi connectivity index (χ1n) is 10.1. The van der Waals surface area contributed by atoms with Crippen molar-refractivity contribution >= 4 is 41.9 Å². The lowest BCUT2D eigenvalue weighted by atomic mass is 10.1. The van der Waals surface area contributed by atoms with Gasteiger partial charge in [0.15, 0.2) is 5.96 Å². The molecule has 3 N–H and O–H groups in total. The summed E-state index contributed by atoms with van der Waals surface area (Å²) < 4.78 is 11.7. The Morgan fingerprint density at radius 2 is 2.13 bits per heavy atom. The van der Waals surface area contributed by atoms with E-state index in [-0.39, 0.29) is 55.1 Å². The SMILES string of the molecule is CCNC(=NCc1cc2c(cc1OCC)CC(C)O2)NCCN1C(=O)CNC1=O.I. The number of amides is 3. The number of benzene rings is 1. The molecule has 0 bridgehead atoms. The molecule has 1 aromatic rings. The van der Waals surface area contributed by atoms with Gasteiger partial charge < -0.3 is 25.4 Å². The van der Waals surface area contributed by atoms with E-state index in [9.17, 15) is 9.59 Å². The summed E-state index contributed by atoms with van der Waals surface area (Å²) >= 11 is 0. The van der Waals surface area contributed by atoms with E-state index in [1.165, 1.54) is 4.90 Å². The Balaban J connectivity index is 0.00000320. The second-order valence-corrected chi connectivity index (χ2v) is 6.96. The summed E-state index contributed by atoms with van der Waals surface area (Å²) in [6.07, 6.45) is 1.05. The van der Waals surface area contributed by atoms with Crippen LogP contribution >= 0.6 is 24.0 Å². The predicted octanol–water partition coefficient (Wildman–Crippen LogP) is 1.63. The second kappa shape index (κ2) is 11.2. The normalized spacial score (nSPS) is 17.8. The summed E-state index contributed by atoms with van der Waals surface area (Å²) in [5.74, 6) is 2.11. The Bertz CT molecular complexity index is 786. The number of halogens is 1. The van der Waals surface area contributed by atoms with Gasteiger partial charge in [-0.3, -0.25) is 9.69 Å². The number of nitrogens with zero attached hydrogens (tertiary/aromatic N) is 2. The Morgan fingerprint density at radius 1 is 1.33 bits per heavy atom. The number of aliphatic imine (C=N–C) groups is 1. The first kappa shape index (κ1) is 24.0. The zero-order valence-electron chi connectivity index (χ0n) is 17.6. The molecule has 1 saturated heterocycles. The van der Waals surface area contributed by atoms with Crippen LogP contribution in [0.25, 0.3) is 0 Å². The van der Waals surface area contributed by atoms with Crippen molar-refractivity contribution in [2.45, 2.75) is 39.8 Å². The number of carbonyl (C=O) groups excluding carboxylic acids is 2. The van der Waals surface area contributed by atoms with Gasteiger partial charge in [0.25, 0.3) is 0 Å². The minimum atomic E-state index is -0.354. The van der Waals surface area contributed by atoms with Gasteiger partial charge in [0, 0.05) is 37.2 Å². The van der Waals surface area contributed by atoms with Crippen LogP contribution in [0.1, 0.15) is 31.9 Å². The molecule has 166 valence electrons. The van der Waals surface area contributed by atoms with Crippen LogP contribution in [0.4, 0.5) is 4.79 Å². The van der Waals surface area contributed by atoms with Gasteiger partial charge in [0.2, 0.25) is 5.91 Å². The van der Waals surface area contributed by atoms with Gasteiger partial charge in [-0.2, -0.15) is 0 Å². The summed E-state index contributed by atoms with van der Waals surface area (Å²) in [6.45, 7) is 8.43. The predicted molar refractivity (Wildman–Crippen MR) is 125 cm³/mol. The average Bonchev–Trinajstić information content (AvgIpc) is 3.21. The molecule has 0 spiro atoms. The lowest BCUT2D eigenvalue weighted by Crippen LogP contribution is -2.43. The van der Waals surface area contributed by atoms with Gasteiger partial charge in [-0.15, -0.1) is 24.0 Å². The molecule has 1 unspecified atom stereocenters. The minimum absolute atomic E-state index is 0. The molecular weight excluding hydrogens is 501 g/mol. The molecule has 1 aromatic carbocycles.